The van der Waals surface area contributed by atoms with Gasteiger partial charge in [-0.3, -0.25) is 0 Å². The maximum atomic E-state index is 12.9. The van der Waals surface area contributed by atoms with Crippen molar-refractivity contribution in [2.75, 3.05) is 5.75 Å². The summed E-state index contributed by atoms with van der Waals surface area (Å²) >= 11 is 0.294. The highest BCUT2D eigenvalue weighted by molar-refractivity contribution is 8.00. The topological polar surface area (TPSA) is 0 Å². The smallest absolute Gasteiger partial charge is 0.221 e. The molecule has 5 heteroatoms. The van der Waals surface area contributed by atoms with Crippen molar-refractivity contribution in [2.45, 2.75) is 17.6 Å². The van der Waals surface area contributed by atoms with Gasteiger partial charge in [-0.25, -0.2) is 4.39 Å². The van der Waals surface area contributed by atoms with E-state index in [0.717, 1.165) is 0 Å². The maximum Gasteiger partial charge on any atom is 0.432 e. The third-order valence-corrected chi connectivity index (χ3v) is 2.59. The van der Waals surface area contributed by atoms with Gasteiger partial charge in [0.15, 0.2) is 0 Å². The average Bonchev–Trinajstić information content (AvgIpc) is 1.87. The van der Waals surface area contributed by atoms with Crippen LogP contribution in [0.1, 0.15) is 6.42 Å². The molecule has 1 aliphatic heterocycles. The molecule has 1 heterocycles. The van der Waals surface area contributed by atoms with Gasteiger partial charge >= 0.3 is 6.18 Å². The molecule has 0 saturated heterocycles. The lowest BCUT2D eigenvalue weighted by Crippen LogP contribution is -2.38. The lowest BCUT2D eigenvalue weighted by molar-refractivity contribution is -0.193. The summed E-state index contributed by atoms with van der Waals surface area (Å²) in [5, 5.41) is -3.05. The first-order chi connectivity index (χ1) is 4.96. The Kier molecular flexibility index (Phi) is 2.18. The van der Waals surface area contributed by atoms with Gasteiger partial charge in [0.2, 0.25) is 0 Å². The molecule has 1 atom stereocenters. The minimum Gasteiger partial charge on any atom is -0.221 e. The number of hydrogen-bond donors (Lipinski definition) is 0. The van der Waals surface area contributed by atoms with Gasteiger partial charge in [0, 0.05) is 12.2 Å². The monoisotopic (exact) mass is 186 g/mol. The van der Waals surface area contributed by atoms with Crippen LogP contribution >= 0.6 is 11.8 Å². The summed E-state index contributed by atoms with van der Waals surface area (Å²) in [5.41, 5.74) is 0. The van der Waals surface area contributed by atoms with Gasteiger partial charge in [-0.2, -0.15) is 13.2 Å². The zero-order valence-electron chi connectivity index (χ0n) is 5.49. The highest BCUT2D eigenvalue weighted by Crippen LogP contribution is 2.47. The Labute approximate surface area is 65.7 Å². The van der Waals surface area contributed by atoms with E-state index in [1.807, 2.05) is 0 Å². The Morgan fingerprint density at radius 3 is 2.18 bits per heavy atom. The Hall–Kier alpha value is -0.190. The molecule has 1 unspecified atom stereocenters. The fourth-order valence-corrected chi connectivity index (χ4v) is 1.61. The summed E-state index contributed by atoms with van der Waals surface area (Å²) in [6, 6.07) is 0. The molecule has 0 nitrogen and oxygen atoms in total. The number of thioether (sulfide) groups is 1. The summed E-state index contributed by atoms with van der Waals surface area (Å²) in [4.78, 5) is 0. The van der Waals surface area contributed by atoms with Crippen LogP contribution in [0, 0.1) is 0 Å². The van der Waals surface area contributed by atoms with E-state index in [-0.39, 0.29) is 5.75 Å². The Bertz CT molecular complexity index is 174. The first-order valence-electron chi connectivity index (χ1n) is 3.00. The average molecular weight is 186 g/mol. The molecule has 0 aromatic heterocycles. The van der Waals surface area contributed by atoms with Gasteiger partial charge < -0.3 is 0 Å². The summed E-state index contributed by atoms with van der Waals surface area (Å²) in [7, 11) is 0. The molecule has 0 N–H and O–H groups in total. The SMILES string of the molecule is FC(F)(F)C1(F)CC=CCS1. The summed E-state index contributed by atoms with van der Waals surface area (Å²) in [6.45, 7) is 0. The minimum absolute atomic E-state index is 0.0933. The predicted molar refractivity (Wildman–Crippen MR) is 36.1 cm³/mol. The van der Waals surface area contributed by atoms with E-state index in [1.165, 1.54) is 12.2 Å². The standard InChI is InChI=1S/C6H6F4S/c7-5(6(8,9)10)3-1-2-4-11-5/h1-2H,3-4H2. The van der Waals surface area contributed by atoms with E-state index in [4.69, 9.17) is 0 Å². The molecule has 0 bridgehead atoms. The van der Waals surface area contributed by atoms with Crippen LogP contribution in [0.15, 0.2) is 12.2 Å². The number of hydrogen-bond acceptors (Lipinski definition) is 1. The van der Waals surface area contributed by atoms with Gasteiger partial charge in [0.1, 0.15) is 0 Å². The van der Waals surface area contributed by atoms with E-state index in [2.05, 4.69) is 0 Å². The van der Waals surface area contributed by atoms with Crippen LogP contribution in [0.2, 0.25) is 0 Å². The highest BCUT2D eigenvalue weighted by atomic mass is 32.2. The number of halogens is 4. The Morgan fingerprint density at radius 2 is 1.91 bits per heavy atom. The molecule has 64 valence electrons. The zero-order chi connectivity index (χ0) is 8.54. The lowest BCUT2D eigenvalue weighted by Gasteiger charge is -2.27. The Balaban J connectivity index is 2.74. The fourth-order valence-electron chi connectivity index (χ4n) is 0.740. The molecule has 0 aromatic carbocycles. The lowest BCUT2D eigenvalue weighted by atomic mass is 10.2. The fraction of sp³-hybridized carbons (Fsp3) is 0.667. The van der Waals surface area contributed by atoms with Gasteiger partial charge in [-0.1, -0.05) is 12.2 Å². The normalized spacial score (nSPS) is 32.4. The van der Waals surface area contributed by atoms with Gasteiger partial charge in [0.05, 0.1) is 0 Å². The minimum atomic E-state index is -4.75. The van der Waals surface area contributed by atoms with Crippen LogP contribution in [-0.4, -0.2) is 16.9 Å². The van der Waals surface area contributed by atoms with E-state index in [1.54, 1.807) is 0 Å². The quantitative estimate of drug-likeness (QED) is 0.414. The molecule has 0 aliphatic carbocycles. The van der Waals surface area contributed by atoms with Crippen molar-refractivity contribution in [3.63, 3.8) is 0 Å². The van der Waals surface area contributed by atoms with Crippen LogP contribution in [0.5, 0.6) is 0 Å². The molecule has 0 fully saturated rings. The van der Waals surface area contributed by atoms with Crippen molar-refractivity contribution in [1.29, 1.82) is 0 Å². The molecular weight excluding hydrogens is 180 g/mol. The number of rotatable bonds is 0. The van der Waals surface area contributed by atoms with Gasteiger partial charge in [-0.15, -0.1) is 11.8 Å². The van der Waals surface area contributed by atoms with Crippen molar-refractivity contribution in [2.24, 2.45) is 0 Å². The van der Waals surface area contributed by atoms with E-state index in [9.17, 15) is 17.6 Å². The van der Waals surface area contributed by atoms with Crippen LogP contribution in [0.25, 0.3) is 0 Å². The van der Waals surface area contributed by atoms with Crippen LogP contribution < -0.4 is 0 Å². The van der Waals surface area contributed by atoms with Crippen LogP contribution in [-0.2, 0) is 0 Å². The molecule has 1 aliphatic rings. The van der Waals surface area contributed by atoms with E-state index >= 15 is 0 Å². The second kappa shape index (κ2) is 2.69. The van der Waals surface area contributed by atoms with Gasteiger partial charge in [0.25, 0.3) is 5.00 Å². The first-order valence-corrected chi connectivity index (χ1v) is 3.99. The summed E-state index contributed by atoms with van der Waals surface area (Å²) < 4.78 is 48.6. The maximum absolute atomic E-state index is 12.9. The predicted octanol–water partition coefficient (Wildman–Crippen LogP) is 2.91. The molecule has 0 amide bonds. The molecule has 1 rings (SSSR count). The second-order valence-corrected chi connectivity index (χ2v) is 3.48. The summed E-state index contributed by atoms with van der Waals surface area (Å²) in [6.07, 6.45) is -2.55. The van der Waals surface area contributed by atoms with Crippen LogP contribution in [0.4, 0.5) is 17.6 Å². The van der Waals surface area contributed by atoms with Crippen LogP contribution in [0.3, 0.4) is 0 Å². The molecule has 0 saturated carbocycles. The van der Waals surface area contributed by atoms with E-state index < -0.39 is 17.6 Å². The van der Waals surface area contributed by atoms with Crippen molar-refractivity contribution in [3.8, 4) is 0 Å². The third kappa shape index (κ3) is 1.69. The van der Waals surface area contributed by atoms with Crippen molar-refractivity contribution in [3.05, 3.63) is 12.2 Å². The third-order valence-electron chi connectivity index (χ3n) is 1.38. The van der Waals surface area contributed by atoms with Crippen molar-refractivity contribution < 1.29 is 17.6 Å². The molecule has 11 heavy (non-hydrogen) atoms. The molecular formula is C6H6F4S. The summed E-state index contributed by atoms with van der Waals surface area (Å²) in [5.74, 6) is 0.0933. The Morgan fingerprint density at radius 1 is 1.27 bits per heavy atom. The molecule has 0 radical (unpaired) electrons. The molecule has 0 spiro atoms. The van der Waals surface area contributed by atoms with Gasteiger partial charge in [-0.05, 0) is 0 Å². The van der Waals surface area contributed by atoms with Crippen molar-refractivity contribution >= 4 is 11.8 Å². The highest BCUT2D eigenvalue weighted by Gasteiger charge is 2.56. The van der Waals surface area contributed by atoms with E-state index in [0.29, 0.717) is 11.8 Å². The number of allylic oxidation sites excluding steroid dienone is 1. The van der Waals surface area contributed by atoms with Crippen molar-refractivity contribution in [1.82, 2.24) is 0 Å². The zero-order valence-corrected chi connectivity index (χ0v) is 6.31. The largest absolute Gasteiger partial charge is 0.432 e. The molecule has 0 aromatic rings. The number of alkyl halides is 4. The second-order valence-electron chi connectivity index (χ2n) is 2.21. The first kappa shape index (κ1) is 8.90.